The fourth-order valence-electron chi connectivity index (χ4n) is 2.69. The van der Waals surface area contributed by atoms with E-state index in [1.165, 1.54) is 0 Å². The second kappa shape index (κ2) is 5.61. The van der Waals surface area contributed by atoms with Gasteiger partial charge in [-0.15, -0.1) is 0 Å². The summed E-state index contributed by atoms with van der Waals surface area (Å²) < 4.78 is 10.4. The number of nitrogens with two attached hydrogens (primary N) is 1. The number of carbonyl (C=O) groups is 1. The number of hydrogen-bond donors (Lipinski definition) is 1. The van der Waals surface area contributed by atoms with Gasteiger partial charge in [-0.2, -0.15) is 0 Å². The van der Waals surface area contributed by atoms with Gasteiger partial charge in [0.1, 0.15) is 0 Å². The van der Waals surface area contributed by atoms with E-state index >= 15 is 0 Å². The molecule has 1 saturated carbocycles. The van der Waals surface area contributed by atoms with Crippen molar-refractivity contribution in [2.24, 2.45) is 5.73 Å². The van der Waals surface area contributed by atoms with E-state index in [1.54, 1.807) is 32.4 Å². The predicted molar refractivity (Wildman–Crippen MR) is 73.9 cm³/mol. The van der Waals surface area contributed by atoms with Crippen molar-refractivity contribution >= 4 is 5.78 Å². The van der Waals surface area contributed by atoms with Gasteiger partial charge in [0.2, 0.25) is 0 Å². The van der Waals surface area contributed by atoms with Gasteiger partial charge in [-0.05, 0) is 31.0 Å². The Morgan fingerprint density at radius 1 is 1.21 bits per heavy atom. The van der Waals surface area contributed by atoms with Crippen LogP contribution < -0.4 is 15.2 Å². The average Bonchev–Trinajstić information content (AvgIpc) is 2.84. The maximum Gasteiger partial charge on any atom is 0.164 e. The number of hydrogen-bond acceptors (Lipinski definition) is 4. The van der Waals surface area contributed by atoms with Crippen molar-refractivity contribution in [2.75, 3.05) is 14.2 Å². The SMILES string of the molecule is COc1ccc(C(=O)CC2(N)CCCC2)cc1OC. The fourth-order valence-corrected chi connectivity index (χ4v) is 2.69. The lowest BCUT2D eigenvalue weighted by atomic mass is 9.90. The summed E-state index contributed by atoms with van der Waals surface area (Å²) in [6.45, 7) is 0. The van der Waals surface area contributed by atoms with Crippen molar-refractivity contribution in [2.45, 2.75) is 37.6 Å². The first-order valence-corrected chi connectivity index (χ1v) is 6.62. The zero-order chi connectivity index (χ0) is 13.9. The summed E-state index contributed by atoms with van der Waals surface area (Å²) in [6, 6.07) is 5.24. The van der Waals surface area contributed by atoms with Crippen molar-refractivity contribution in [1.82, 2.24) is 0 Å². The van der Waals surface area contributed by atoms with E-state index in [4.69, 9.17) is 15.2 Å². The minimum absolute atomic E-state index is 0.0744. The normalized spacial score (nSPS) is 17.2. The number of rotatable bonds is 5. The zero-order valence-corrected chi connectivity index (χ0v) is 11.6. The van der Waals surface area contributed by atoms with E-state index in [0.717, 1.165) is 25.7 Å². The Kier molecular flexibility index (Phi) is 4.10. The summed E-state index contributed by atoms with van der Waals surface area (Å²) in [5.41, 5.74) is 6.57. The quantitative estimate of drug-likeness (QED) is 0.829. The first-order valence-electron chi connectivity index (χ1n) is 6.62. The highest BCUT2D eigenvalue weighted by Gasteiger charge is 2.32. The Morgan fingerprint density at radius 2 is 1.84 bits per heavy atom. The standard InChI is InChI=1S/C15H21NO3/c1-18-13-6-5-11(9-14(13)19-2)12(17)10-15(16)7-3-4-8-15/h5-6,9H,3-4,7-8,10,16H2,1-2H3. The zero-order valence-electron chi connectivity index (χ0n) is 11.6. The lowest BCUT2D eigenvalue weighted by Crippen LogP contribution is -2.38. The van der Waals surface area contributed by atoms with Gasteiger partial charge in [0.05, 0.1) is 14.2 Å². The molecule has 2 rings (SSSR count). The Labute approximate surface area is 113 Å². The molecule has 19 heavy (non-hydrogen) atoms. The fraction of sp³-hybridized carbons (Fsp3) is 0.533. The lowest BCUT2D eigenvalue weighted by molar-refractivity contribution is 0.0952. The molecule has 0 heterocycles. The van der Waals surface area contributed by atoms with Crippen LogP contribution in [-0.4, -0.2) is 25.5 Å². The molecule has 0 atom stereocenters. The number of methoxy groups -OCH3 is 2. The van der Waals surface area contributed by atoms with E-state index in [0.29, 0.717) is 23.5 Å². The van der Waals surface area contributed by atoms with E-state index in [2.05, 4.69) is 0 Å². The number of Topliss-reactive ketones (excluding diaryl/α,β-unsaturated/α-hetero) is 1. The molecule has 4 nitrogen and oxygen atoms in total. The van der Waals surface area contributed by atoms with Crippen LogP contribution in [0.3, 0.4) is 0 Å². The molecule has 0 aromatic heterocycles. The second-order valence-corrected chi connectivity index (χ2v) is 5.24. The van der Waals surface area contributed by atoms with Crippen molar-refractivity contribution < 1.29 is 14.3 Å². The van der Waals surface area contributed by atoms with E-state index in [-0.39, 0.29) is 11.3 Å². The predicted octanol–water partition coefficient (Wildman–Crippen LogP) is 2.55. The topological polar surface area (TPSA) is 61.5 Å². The van der Waals surface area contributed by atoms with Crippen LogP contribution in [-0.2, 0) is 0 Å². The smallest absolute Gasteiger partial charge is 0.164 e. The van der Waals surface area contributed by atoms with E-state index < -0.39 is 0 Å². The second-order valence-electron chi connectivity index (χ2n) is 5.24. The van der Waals surface area contributed by atoms with Crippen LogP contribution in [0.5, 0.6) is 11.5 Å². The molecular formula is C15H21NO3. The molecule has 104 valence electrons. The van der Waals surface area contributed by atoms with Gasteiger partial charge in [-0.25, -0.2) is 0 Å². The minimum Gasteiger partial charge on any atom is -0.493 e. The molecule has 1 aromatic rings. The number of benzene rings is 1. The highest BCUT2D eigenvalue weighted by molar-refractivity contribution is 5.97. The summed E-state index contributed by atoms with van der Waals surface area (Å²) in [4.78, 5) is 12.3. The van der Waals surface area contributed by atoms with Gasteiger partial charge in [-0.3, -0.25) is 4.79 Å². The Bertz CT molecular complexity index is 464. The molecular weight excluding hydrogens is 242 g/mol. The third-order valence-corrected chi connectivity index (χ3v) is 3.82. The molecule has 0 radical (unpaired) electrons. The van der Waals surface area contributed by atoms with Crippen LogP contribution in [0.2, 0.25) is 0 Å². The molecule has 0 amide bonds. The van der Waals surface area contributed by atoms with Crippen LogP contribution in [0.4, 0.5) is 0 Å². The van der Waals surface area contributed by atoms with Crippen LogP contribution in [0.25, 0.3) is 0 Å². The van der Waals surface area contributed by atoms with E-state index in [1.807, 2.05) is 0 Å². The first-order chi connectivity index (χ1) is 9.08. The molecule has 0 spiro atoms. The maximum atomic E-state index is 12.3. The van der Waals surface area contributed by atoms with Gasteiger partial charge in [-0.1, -0.05) is 12.8 Å². The monoisotopic (exact) mass is 263 g/mol. The third-order valence-electron chi connectivity index (χ3n) is 3.82. The van der Waals surface area contributed by atoms with Gasteiger partial charge in [0, 0.05) is 17.5 Å². The van der Waals surface area contributed by atoms with Crippen LogP contribution in [0.15, 0.2) is 18.2 Å². The summed E-state index contributed by atoms with van der Waals surface area (Å²) in [7, 11) is 3.14. The van der Waals surface area contributed by atoms with Gasteiger partial charge >= 0.3 is 0 Å². The number of ether oxygens (including phenoxy) is 2. The summed E-state index contributed by atoms with van der Waals surface area (Å²) in [5, 5.41) is 0. The van der Waals surface area contributed by atoms with E-state index in [9.17, 15) is 4.79 Å². The van der Waals surface area contributed by atoms with Crippen LogP contribution in [0.1, 0.15) is 42.5 Å². The Hall–Kier alpha value is -1.55. The summed E-state index contributed by atoms with van der Waals surface area (Å²) in [6.07, 6.45) is 4.52. The molecule has 0 unspecified atom stereocenters. The van der Waals surface area contributed by atoms with Crippen LogP contribution >= 0.6 is 0 Å². The molecule has 0 saturated heterocycles. The maximum absolute atomic E-state index is 12.3. The minimum atomic E-state index is -0.315. The highest BCUT2D eigenvalue weighted by atomic mass is 16.5. The molecule has 2 N–H and O–H groups in total. The summed E-state index contributed by atoms with van der Waals surface area (Å²) in [5.74, 6) is 1.28. The van der Waals surface area contributed by atoms with Gasteiger partial charge < -0.3 is 15.2 Å². The van der Waals surface area contributed by atoms with Crippen molar-refractivity contribution in [3.05, 3.63) is 23.8 Å². The van der Waals surface area contributed by atoms with Crippen LogP contribution in [0, 0.1) is 0 Å². The molecule has 1 aromatic carbocycles. The molecule has 0 bridgehead atoms. The lowest BCUT2D eigenvalue weighted by Gasteiger charge is -2.22. The third kappa shape index (κ3) is 3.07. The largest absolute Gasteiger partial charge is 0.493 e. The van der Waals surface area contributed by atoms with Crippen molar-refractivity contribution in [1.29, 1.82) is 0 Å². The van der Waals surface area contributed by atoms with Crippen molar-refractivity contribution in [3.63, 3.8) is 0 Å². The molecule has 1 fully saturated rings. The number of ketones is 1. The molecule has 0 aliphatic heterocycles. The van der Waals surface area contributed by atoms with Gasteiger partial charge in [0.15, 0.2) is 17.3 Å². The molecule has 1 aliphatic carbocycles. The Morgan fingerprint density at radius 3 is 2.42 bits per heavy atom. The number of carbonyl (C=O) groups excluding carboxylic acids is 1. The Balaban J connectivity index is 2.15. The average molecular weight is 263 g/mol. The molecule has 4 heteroatoms. The van der Waals surface area contributed by atoms with Crippen molar-refractivity contribution in [3.8, 4) is 11.5 Å². The first kappa shape index (κ1) is 13.9. The van der Waals surface area contributed by atoms with Gasteiger partial charge in [0.25, 0.3) is 0 Å². The summed E-state index contributed by atoms with van der Waals surface area (Å²) >= 11 is 0. The highest BCUT2D eigenvalue weighted by Crippen LogP contribution is 2.33. The molecule has 1 aliphatic rings.